The van der Waals surface area contributed by atoms with Crippen LogP contribution in [0.4, 0.5) is 0 Å². The third-order valence-corrected chi connectivity index (χ3v) is 5.87. The molecule has 0 aromatic rings. The van der Waals surface area contributed by atoms with Crippen LogP contribution in [0.1, 0.15) is 99.3 Å². The lowest BCUT2D eigenvalue weighted by atomic mass is 9.68. The maximum atomic E-state index is 12.4. The third-order valence-electron chi connectivity index (χ3n) is 5.87. The molecule has 1 aliphatic rings. The van der Waals surface area contributed by atoms with Crippen LogP contribution in [0.2, 0.25) is 0 Å². The molecule has 0 spiro atoms. The highest BCUT2D eigenvalue weighted by atomic mass is 16.2. The summed E-state index contributed by atoms with van der Waals surface area (Å²) >= 11 is 0. The third kappa shape index (κ3) is 4.99. The number of rotatable bonds is 10. The molecule has 0 bridgehead atoms. The first-order valence-corrected chi connectivity index (χ1v) is 9.59. The molecule has 1 heterocycles. The van der Waals surface area contributed by atoms with Crippen LogP contribution in [0, 0.1) is 10.8 Å². The Bertz CT molecular complexity index is 350. The number of hydrogen-bond acceptors (Lipinski definition) is 1. The summed E-state index contributed by atoms with van der Waals surface area (Å²) in [5, 5.41) is 0. The average Bonchev–Trinajstić information content (AvgIpc) is 2.88. The van der Waals surface area contributed by atoms with E-state index in [1.807, 2.05) is 0 Å². The van der Waals surface area contributed by atoms with Gasteiger partial charge in [-0.05, 0) is 42.9 Å². The first kappa shape index (κ1) is 19.5. The molecule has 1 saturated heterocycles. The molecule has 0 aliphatic carbocycles. The van der Waals surface area contributed by atoms with Crippen molar-refractivity contribution >= 4 is 5.91 Å². The molecular formula is C20H39NO. The quantitative estimate of drug-likeness (QED) is 0.499. The van der Waals surface area contributed by atoms with Crippen molar-refractivity contribution in [2.75, 3.05) is 6.54 Å². The fourth-order valence-corrected chi connectivity index (χ4v) is 4.19. The second kappa shape index (κ2) is 8.36. The van der Waals surface area contributed by atoms with Gasteiger partial charge in [0.25, 0.3) is 0 Å². The van der Waals surface area contributed by atoms with Crippen LogP contribution in [0.5, 0.6) is 0 Å². The van der Waals surface area contributed by atoms with E-state index in [0.29, 0.717) is 17.4 Å². The van der Waals surface area contributed by atoms with Gasteiger partial charge >= 0.3 is 0 Å². The fourth-order valence-electron chi connectivity index (χ4n) is 4.19. The van der Waals surface area contributed by atoms with Gasteiger partial charge in [0.2, 0.25) is 5.91 Å². The number of carbonyl (C=O) groups is 1. The molecular weight excluding hydrogens is 270 g/mol. The first-order valence-electron chi connectivity index (χ1n) is 9.59. The van der Waals surface area contributed by atoms with E-state index < -0.39 is 0 Å². The van der Waals surface area contributed by atoms with E-state index in [1.165, 1.54) is 38.5 Å². The molecule has 0 radical (unpaired) electrons. The number of hydrogen-bond donors (Lipinski definition) is 0. The van der Waals surface area contributed by atoms with Crippen molar-refractivity contribution in [3.63, 3.8) is 0 Å². The van der Waals surface area contributed by atoms with Crippen LogP contribution >= 0.6 is 0 Å². The smallest absolute Gasteiger partial charge is 0.222 e. The summed E-state index contributed by atoms with van der Waals surface area (Å²) in [5.41, 5.74) is 0.589. The highest BCUT2D eigenvalue weighted by molar-refractivity contribution is 5.78. The second-order valence-electron chi connectivity index (χ2n) is 8.44. The molecule has 1 aliphatic heterocycles. The van der Waals surface area contributed by atoms with Gasteiger partial charge in [-0.15, -0.1) is 0 Å². The lowest BCUT2D eigenvalue weighted by Crippen LogP contribution is -2.49. The van der Waals surface area contributed by atoms with E-state index in [4.69, 9.17) is 0 Å². The standard InChI is InChI=1S/C20H39NO/c1-7-10-14-20(6,9-3)17(16-19(4,5)13-8-2)21-15-11-12-18(21)22/h17H,7-16H2,1-6H3. The van der Waals surface area contributed by atoms with Crippen LogP contribution in [0.3, 0.4) is 0 Å². The highest BCUT2D eigenvalue weighted by Gasteiger charge is 2.42. The molecule has 1 rings (SSSR count). The molecule has 0 aromatic carbocycles. The van der Waals surface area contributed by atoms with Gasteiger partial charge in [0, 0.05) is 19.0 Å². The molecule has 130 valence electrons. The summed E-state index contributed by atoms with van der Waals surface area (Å²) in [5.74, 6) is 0.397. The van der Waals surface area contributed by atoms with Crippen molar-refractivity contribution in [3.05, 3.63) is 0 Å². The maximum absolute atomic E-state index is 12.4. The molecule has 0 N–H and O–H groups in total. The number of likely N-dealkylation sites (tertiary alicyclic amines) is 1. The highest BCUT2D eigenvalue weighted by Crippen LogP contribution is 2.43. The Kier molecular flexibility index (Phi) is 7.41. The van der Waals surface area contributed by atoms with Crippen LogP contribution in [0.15, 0.2) is 0 Å². The number of carbonyl (C=O) groups excluding carboxylic acids is 1. The zero-order valence-corrected chi connectivity index (χ0v) is 16.0. The van der Waals surface area contributed by atoms with E-state index >= 15 is 0 Å². The van der Waals surface area contributed by atoms with Crippen molar-refractivity contribution in [1.29, 1.82) is 0 Å². The van der Waals surface area contributed by atoms with Crippen molar-refractivity contribution in [3.8, 4) is 0 Å². The lowest BCUT2D eigenvalue weighted by Gasteiger charge is -2.46. The van der Waals surface area contributed by atoms with Gasteiger partial charge in [-0.25, -0.2) is 0 Å². The van der Waals surface area contributed by atoms with Gasteiger partial charge in [0.15, 0.2) is 0 Å². The number of unbranched alkanes of at least 4 members (excludes halogenated alkanes) is 1. The molecule has 2 nitrogen and oxygen atoms in total. The molecule has 1 amide bonds. The Morgan fingerprint density at radius 2 is 1.77 bits per heavy atom. The Hall–Kier alpha value is -0.530. The molecule has 22 heavy (non-hydrogen) atoms. The van der Waals surface area contributed by atoms with Crippen LogP contribution in [0.25, 0.3) is 0 Å². The topological polar surface area (TPSA) is 20.3 Å². The van der Waals surface area contributed by atoms with Crippen molar-refractivity contribution in [2.24, 2.45) is 10.8 Å². The Morgan fingerprint density at radius 3 is 2.23 bits per heavy atom. The molecule has 1 fully saturated rings. The summed E-state index contributed by atoms with van der Waals surface area (Å²) in [4.78, 5) is 14.7. The van der Waals surface area contributed by atoms with E-state index in [-0.39, 0.29) is 5.41 Å². The molecule has 2 heteroatoms. The van der Waals surface area contributed by atoms with Gasteiger partial charge in [-0.3, -0.25) is 4.79 Å². The minimum absolute atomic E-state index is 0.265. The van der Waals surface area contributed by atoms with Gasteiger partial charge in [-0.1, -0.05) is 60.8 Å². The van der Waals surface area contributed by atoms with E-state index in [2.05, 4.69) is 46.4 Å². The lowest BCUT2D eigenvalue weighted by molar-refractivity contribution is -0.133. The van der Waals surface area contributed by atoms with E-state index in [1.54, 1.807) is 0 Å². The van der Waals surface area contributed by atoms with Crippen LogP contribution in [-0.2, 0) is 4.79 Å². The summed E-state index contributed by atoms with van der Waals surface area (Å²) in [6, 6.07) is 0.417. The zero-order chi connectivity index (χ0) is 16.8. The van der Waals surface area contributed by atoms with Crippen LogP contribution in [-0.4, -0.2) is 23.4 Å². The average molecular weight is 310 g/mol. The number of nitrogens with zero attached hydrogens (tertiary/aromatic N) is 1. The summed E-state index contributed by atoms with van der Waals surface area (Å²) in [6.45, 7) is 15.0. The van der Waals surface area contributed by atoms with Crippen molar-refractivity contribution < 1.29 is 4.79 Å². The van der Waals surface area contributed by atoms with Gasteiger partial charge in [0.1, 0.15) is 0 Å². The van der Waals surface area contributed by atoms with Gasteiger partial charge < -0.3 is 4.90 Å². The van der Waals surface area contributed by atoms with Gasteiger partial charge in [0.05, 0.1) is 0 Å². The first-order chi connectivity index (χ1) is 10.3. The molecule has 2 unspecified atom stereocenters. The minimum Gasteiger partial charge on any atom is -0.339 e. The SMILES string of the molecule is CCCCC(C)(CC)C(CC(C)(C)CCC)N1CCCC1=O. The van der Waals surface area contributed by atoms with E-state index in [0.717, 1.165) is 25.8 Å². The second-order valence-corrected chi connectivity index (χ2v) is 8.44. The monoisotopic (exact) mass is 309 g/mol. The zero-order valence-electron chi connectivity index (χ0n) is 16.0. The minimum atomic E-state index is 0.265. The van der Waals surface area contributed by atoms with Crippen molar-refractivity contribution in [1.82, 2.24) is 4.90 Å². The predicted molar refractivity (Wildman–Crippen MR) is 96.0 cm³/mol. The Balaban J connectivity index is 3.01. The summed E-state index contributed by atoms with van der Waals surface area (Å²) < 4.78 is 0. The van der Waals surface area contributed by atoms with Crippen molar-refractivity contribution in [2.45, 2.75) is 105 Å². The normalized spacial score (nSPS) is 20.3. The van der Waals surface area contributed by atoms with E-state index in [9.17, 15) is 4.79 Å². The Labute approximate surface area is 139 Å². The molecule has 2 atom stereocenters. The summed E-state index contributed by atoms with van der Waals surface area (Å²) in [6.07, 6.45) is 10.4. The predicted octanol–water partition coefficient (Wildman–Crippen LogP) is 5.80. The Morgan fingerprint density at radius 1 is 1.09 bits per heavy atom. The maximum Gasteiger partial charge on any atom is 0.222 e. The molecule has 0 saturated carbocycles. The summed E-state index contributed by atoms with van der Waals surface area (Å²) in [7, 11) is 0. The largest absolute Gasteiger partial charge is 0.339 e. The fraction of sp³-hybridized carbons (Fsp3) is 0.950. The van der Waals surface area contributed by atoms with Gasteiger partial charge in [-0.2, -0.15) is 0 Å². The molecule has 0 aromatic heterocycles. The number of amides is 1. The van der Waals surface area contributed by atoms with Crippen LogP contribution < -0.4 is 0 Å².